The predicted molar refractivity (Wildman–Crippen MR) is 109 cm³/mol. The molecule has 0 bridgehead atoms. The number of benzene rings is 2. The molecule has 0 aliphatic carbocycles. The maximum Gasteiger partial charge on any atom is 0.282 e. The second kappa shape index (κ2) is 10.1. The summed E-state index contributed by atoms with van der Waals surface area (Å²) in [7, 11) is 1.57. The number of nitriles is 1. The van der Waals surface area contributed by atoms with Crippen LogP contribution >= 0.6 is 0 Å². The number of hydrogen-bond donors (Lipinski definition) is 1. The third-order valence-electron chi connectivity index (χ3n) is 4.66. The molecule has 0 spiro atoms. The van der Waals surface area contributed by atoms with Crippen molar-refractivity contribution < 1.29 is 19.3 Å². The zero-order valence-corrected chi connectivity index (χ0v) is 16.3. The Morgan fingerprint density at radius 1 is 1.14 bits per heavy atom. The SMILES string of the molecule is COc1ccccc1N(CCC#N)C(=O)C[NH2+][C@@H](c1ccccc1)c1ccco1. The van der Waals surface area contributed by atoms with Crippen LogP contribution < -0.4 is 15.0 Å². The van der Waals surface area contributed by atoms with Gasteiger partial charge in [-0.15, -0.1) is 0 Å². The van der Waals surface area contributed by atoms with Crippen molar-refractivity contribution >= 4 is 11.6 Å². The van der Waals surface area contributed by atoms with Gasteiger partial charge in [-0.1, -0.05) is 42.5 Å². The van der Waals surface area contributed by atoms with Crippen LogP contribution in [0.1, 0.15) is 23.8 Å². The number of para-hydroxylation sites is 2. The molecule has 0 unspecified atom stereocenters. The fraction of sp³-hybridized carbons (Fsp3) is 0.217. The first-order valence-corrected chi connectivity index (χ1v) is 9.46. The van der Waals surface area contributed by atoms with Gasteiger partial charge in [-0.05, 0) is 24.3 Å². The van der Waals surface area contributed by atoms with E-state index in [1.807, 2.05) is 66.0 Å². The van der Waals surface area contributed by atoms with Gasteiger partial charge in [0.15, 0.2) is 18.3 Å². The molecule has 3 aromatic rings. The molecule has 6 heteroatoms. The zero-order valence-electron chi connectivity index (χ0n) is 16.3. The molecule has 0 fully saturated rings. The Morgan fingerprint density at radius 2 is 1.90 bits per heavy atom. The van der Waals surface area contributed by atoms with Crippen LogP contribution in [-0.2, 0) is 4.79 Å². The molecule has 2 N–H and O–H groups in total. The number of rotatable bonds is 9. The quantitative estimate of drug-likeness (QED) is 0.609. The summed E-state index contributed by atoms with van der Waals surface area (Å²) in [6, 6.07) is 23.0. The second-order valence-corrected chi connectivity index (χ2v) is 6.47. The number of nitrogens with two attached hydrogens (primary N) is 1. The van der Waals surface area contributed by atoms with E-state index < -0.39 is 0 Å². The summed E-state index contributed by atoms with van der Waals surface area (Å²) in [6.07, 6.45) is 1.87. The number of anilines is 1. The third-order valence-corrected chi connectivity index (χ3v) is 4.66. The van der Waals surface area contributed by atoms with Crippen LogP contribution in [0.25, 0.3) is 0 Å². The van der Waals surface area contributed by atoms with Gasteiger partial charge in [-0.25, -0.2) is 0 Å². The minimum absolute atomic E-state index is 0.0998. The topological polar surface area (TPSA) is 83.1 Å². The number of furan rings is 1. The fourth-order valence-corrected chi connectivity index (χ4v) is 3.27. The first kappa shape index (κ1) is 20.2. The molecular weight excluding hydrogens is 366 g/mol. The van der Waals surface area contributed by atoms with Crippen LogP contribution in [0, 0.1) is 11.3 Å². The molecule has 148 valence electrons. The molecule has 1 amide bonds. The molecule has 29 heavy (non-hydrogen) atoms. The molecule has 0 saturated heterocycles. The summed E-state index contributed by atoms with van der Waals surface area (Å²) < 4.78 is 11.0. The second-order valence-electron chi connectivity index (χ2n) is 6.47. The van der Waals surface area contributed by atoms with Gasteiger partial charge >= 0.3 is 0 Å². The van der Waals surface area contributed by atoms with Crippen molar-refractivity contribution in [3.63, 3.8) is 0 Å². The van der Waals surface area contributed by atoms with Gasteiger partial charge in [0.1, 0.15) is 5.75 Å². The Bertz CT molecular complexity index is 949. The number of carbonyl (C=O) groups is 1. The van der Waals surface area contributed by atoms with E-state index in [1.165, 1.54) is 0 Å². The predicted octanol–water partition coefficient (Wildman–Crippen LogP) is 2.89. The van der Waals surface area contributed by atoms with E-state index in [-0.39, 0.29) is 24.9 Å². The van der Waals surface area contributed by atoms with Crippen molar-refractivity contribution in [1.29, 1.82) is 5.26 Å². The number of nitrogens with zero attached hydrogens (tertiary/aromatic N) is 2. The van der Waals surface area contributed by atoms with E-state index in [4.69, 9.17) is 14.4 Å². The van der Waals surface area contributed by atoms with E-state index in [0.29, 0.717) is 18.0 Å². The van der Waals surface area contributed by atoms with Crippen molar-refractivity contribution in [3.8, 4) is 11.8 Å². The van der Waals surface area contributed by atoms with Crippen LogP contribution in [0.3, 0.4) is 0 Å². The normalized spacial score (nSPS) is 11.4. The lowest BCUT2D eigenvalue weighted by Gasteiger charge is -2.24. The number of carbonyl (C=O) groups excluding carboxylic acids is 1. The monoisotopic (exact) mass is 390 g/mol. The largest absolute Gasteiger partial charge is 0.495 e. The molecule has 0 radical (unpaired) electrons. The maximum atomic E-state index is 13.1. The fourth-order valence-electron chi connectivity index (χ4n) is 3.27. The summed E-state index contributed by atoms with van der Waals surface area (Å²) >= 11 is 0. The summed E-state index contributed by atoms with van der Waals surface area (Å²) in [6.45, 7) is 0.504. The first-order chi connectivity index (χ1) is 14.2. The first-order valence-electron chi connectivity index (χ1n) is 9.46. The van der Waals surface area contributed by atoms with Crippen molar-refractivity contribution in [1.82, 2.24) is 0 Å². The molecule has 6 nitrogen and oxygen atoms in total. The Kier molecular flexibility index (Phi) is 7.04. The van der Waals surface area contributed by atoms with Crippen LogP contribution in [-0.4, -0.2) is 26.1 Å². The maximum absolute atomic E-state index is 13.1. The highest BCUT2D eigenvalue weighted by Crippen LogP contribution is 2.28. The molecule has 3 rings (SSSR count). The number of ether oxygens (including phenoxy) is 1. The molecule has 1 atom stereocenters. The van der Waals surface area contributed by atoms with E-state index >= 15 is 0 Å². The number of methoxy groups -OCH3 is 1. The van der Waals surface area contributed by atoms with Crippen molar-refractivity contribution in [2.45, 2.75) is 12.5 Å². The summed E-state index contributed by atoms with van der Waals surface area (Å²) in [4.78, 5) is 14.7. The minimum Gasteiger partial charge on any atom is -0.495 e. The van der Waals surface area contributed by atoms with Crippen LogP contribution in [0.2, 0.25) is 0 Å². The minimum atomic E-state index is -0.134. The van der Waals surface area contributed by atoms with Crippen LogP contribution in [0.5, 0.6) is 5.75 Å². The summed E-state index contributed by atoms with van der Waals surface area (Å²) in [5, 5.41) is 11.0. The molecule has 2 aromatic carbocycles. The van der Waals surface area contributed by atoms with Gasteiger partial charge in [0, 0.05) is 12.1 Å². The highest BCUT2D eigenvalue weighted by Gasteiger charge is 2.25. The van der Waals surface area contributed by atoms with Crippen molar-refractivity contribution in [3.05, 3.63) is 84.3 Å². The smallest absolute Gasteiger partial charge is 0.282 e. The van der Waals surface area contributed by atoms with E-state index in [1.54, 1.807) is 24.3 Å². The van der Waals surface area contributed by atoms with E-state index in [9.17, 15) is 4.79 Å². The molecule has 0 saturated carbocycles. The lowest BCUT2D eigenvalue weighted by molar-refractivity contribution is -0.678. The van der Waals surface area contributed by atoms with Gasteiger partial charge in [-0.3, -0.25) is 4.79 Å². The average Bonchev–Trinajstić information content (AvgIpc) is 3.30. The summed E-state index contributed by atoms with van der Waals surface area (Å²) in [5.41, 5.74) is 1.72. The van der Waals surface area contributed by atoms with Gasteiger partial charge in [0.2, 0.25) is 0 Å². The summed E-state index contributed by atoms with van der Waals surface area (Å²) in [5.74, 6) is 1.28. The van der Waals surface area contributed by atoms with Gasteiger partial charge in [0.25, 0.3) is 5.91 Å². The average molecular weight is 390 g/mol. The Morgan fingerprint density at radius 3 is 2.59 bits per heavy atom. The Labute approximate surface area is 170 Å². The highest BCUT2D eigenvalue weighted by molar-refractivity contribution is 5.95. The zero-order chi connectivity index (χ0) is 20.5. The molecule has 1 heterocycles. The molecule has 1 aromatic heterocycles. The Balaban J connectivity index is 1.80. The lowest BCUT2D eigenvalue weighted by atomic mass is 10.0. The highest BCUT2D eigenvalue weighted by atomic mass is 16.5. The number of hydrogen-bond acceptors (Lipinski definition) is 4. The van der Waals surface area contributed by atoms with Crippen LogP contribution in [0.4, 0.5) is 5.69 Å². The molecule has 0 aliphatic rings. The van der Waals surface area contributed by atoms with E-state index in [0.717, 1.165) is 11.3 Å². The third kappa shape index (κ3) is 5.03. The molecular formula is C23H24N3O3+. The van der Waals surface area contributed by atoms with Crippen LogP contribution in [0.15, 0.2) is 77.4 Å². The van der Waals surface area contributed by atoms with Crippen molar-refractivity contribution in [2.24, 2.45) is 0 Å². The number of quaternary nitrogens is 1. The van der Waals surface area contributed by atoms with Gasteiger partial charge < -0.3 is 19.4 Å². The number of amides is 1. The van der Waals surface area contributed by atoms with E-state index in [2.05, 4.69) is 6.07 Å². The standard InChI is InChI=1S/C23H23N3O3/c1-28-20-12-6-5-11-19(20)26(15-8-14-24)22(27)17-25-23(21-13-7-16-29-21)18-9-3-2-4-10-18/h2-7,9-13,16,23,25H,8,15,17H2,1H3/p+1/t23-/m0/s1. The lowest BCUT2D eigenvalue weighted by Crippen LogP contribution is -2.87. The van der Waals surface area contributed by atoms with Gasteiger partial charge in [-0.2, -0.15) is 5.26 Å². The van der Waals surface area contributed by atoms with Crippen molar-refractivity contribution in [2.75, 3.05) is 25.1 Å². The van der Waals surface area contributed by atoms with Gasteiger partial charge in [0.05, 0.1) is 31.6 Å². The molecule has 0 aliphatic heterocycles. The Hall–Kier alpha value is -3.56.